The number of nitrogens with zero attached hydrogens (tertiary/aromatic N) is 2. The topological polar surface area (TPSA) is 51.5 Å². The molecule has 1 aromatic rings. The van der Waals surface area contributed by atoms with Crippen molar-refractivity contribution in [2.45, 2.75) is 13.8 Å². The van der Waals surface area contributed by atoms with Gasteiger partial charge in [-0.2, -0.15) is 0 Å². The van der Waals surface area contributed by atoms with Gasteiger partial charge in [-0.25, -0.2) is 14.8 Å². The van der Waals surface area contributed by atoms with E-state index in [1.54, 1.807) is 13.0 Å². The van der Waals surface area contributed by atoms with Crippen LogP contribution in [0.5, 0.6) is 0 Å². The van der Waals surface area contributed by atoms with Crippen molar-refractivity contribution in [3.05, 3.63) is 17.8 Å². The number of pyridine rings is 1. The van der Waals surface area contributed by atoms with Gasteiger partial charge in [0, 0.05) is 6.20 Å². The molecule has 0 bridgehead atoms. The van der Waals surface area contributed by atoms with Gasteiger partial charge in [-0.3, -0.25) is 0 Å². The number of rotatable bonds is 2. The Morgan fingerprint density at radius 1 is 1.60 bits per heavy atom. The molecule has 1 aliphatic heterocycles. The number of carbonyl (C=O) groups excluding carboxylic acids is 1. The summed E-state index contributed by atoms with van der Waals surface area (Å²) in [5.74, 6) is 0.401. The van der Waals surface area contributed by atoms with Crippen molar-refractivity contribution < 1.29 is 9.53 Å². The summed E-state index contributed by atoms with van der Waals surface area (Å²) < 4.78 is 4.90. The second kappa shape index (κ2) is 3.84. The van der Waals surface area contributed by atoms with E-state index in [9.17, 15) is 4.79 Å². The Balaban J connectivity index is 2.26. The van der Waals surface area contributed by atoms with Crippen molar-refractivity contribution in [1.82, 2.24) is 4.98 Å². The Hall–Kier alpha value is -1.65. The van der Waals surface area contributed by atoms with E-state index in [2.05, 4.69) is 9.98 Å². The van der Waals surface area contributed by atoms with Crippen LogP contribution in [0.3, 0.4) is 0 Å². The standard InChI is InChI=1S/C10H11BN2O2/c1-3-15-10(14)7-4-8-9(12-5-7)13-6(2)11-8/h4-5,11H,3H2,1-2H3. The number of esters is 1. The van der Waals surface area contributed by atoms with Gasteiger partial charge in [0.15, 0.2) is 0 Å². The van der Waals surface area contributed by atoms with Crippen LogP contribution >= 0.6 is 0 Å². The Kier molecular flexibility index (Phi) is 2.54. The highest BCUT2D eigenvalue weighted by atomic mass is 16.5. The van der Waals surface area contributed by atoms with E-state index in [4.69, 9.17) is 4.74 Å². The van der Waals surface area contributed by atoms with Crippen molar-refractivity contribution in [3.63, 3.8) is 0 Å². The molecule has 76 valence electrons. The fraction of sp³-hybridized carbons (Fsp3) is 0.300. The molecule has 0 amide bonds. The SMILES string of the molecule is CCOC(=O)c1cnc2c(c1)BC(C)=N2. The molecule has 0 spiro atoms. The Bertz CT molecular complexity index is 443. The van der Waals surface area contributed by atoms with Gasteiger partial charge in [0.05, 0.1) is 12.2 Å². The highest BCUT2D eigenvalue weighted by Gasteiger charge is 2.17. The van der Waals surface area contributed by atoms with Gasteiger partial charge in [-0.1, -0.05) is 0 Å². The maximum atomic E-state index is 11.4. The minimum Gasteiger partial charge on any atom is -0.462 e. The van der Waals surface area contributed by atoms with E-state index < -0.39 is 0 Å². The molecule has 4 nitrogen and oxygen atoms in total. The number of aliphatic imine (C=N–C) groups is 1. The average Bonchev–Trinajstić information content (AvgIpc) is 2.57. The molecule has 15 heavy (non-hydrogen) atoms. The van der Waals surface area contributed by atoms with E-state index >= 15 is 0 Å². The van der Waals surface area contributed by atoms with Gasteiger partial charge in [0.25, 0.3) is 0 Å². The van der Waals surface area contributed by atoms with Gasteiger partial charge in [0.2, 0.25) is 7.28 Å². The van der Waals surface area contributed by atoms with Crippen LogP contribution in [0.4, 0.5) is 5.82 Å². The lowest BCUT2D eigenvalue weighted by Crippen LogP contribution is -2.18. The summed E-state index contributed by atoms with van der Waals surface area (Å²) in [6, 6.07) is 1.81. The maximum absolute atomic E-state index is 11.4. The van der Waals surface area contributed by atoms with Crippen molar-refractivity contribution in [3.8, 4) is 0 Å². The first-order valence-electron chi connectivity index (χ1n) is 4.91. The first kappa shape index (κ1) is 9.89. The molecule has 0 radical (unpaired) electrons. The van der Waals surface area contributed by atoms with E-state index in [1.807, 2.05) is 6.92 Å². The molecule has 1 aliphatic rings. The third-order valence-electron chi connectivity index (χ3n) is 2.20. The molecule has 0 saturated carbocycles. The van der Waals surface area contributed by atoms with Crippen LogP contribution in [0, 0.1) is 0 Å². The monoisotopic (exact) mass is 202 g/mol. The van der Waals surface area contributed by atoms with Gasteiger partial charge in [-0.05, 0) is 31.0 Å². The van der Waals surface area contributed by atoms with Crippen molar-refractivity contribution in [2.75, 3.05) is 6.61 Å². The molecule has 2 heterocycles. The van der Waals surface area contributed by atoms with Crippen LogP contribution in [0.2, 0.25) is 0 Å². The minimum absolute atomic E-state index is 0.322. The normalized spacial score (nSPS) is 12.8. The van der Waals surface area contributed by atoms with Gasteiger partial charge in [0.1, 0.15) is 5.82 Å². The summed E-state index contributed by atoms with van der Waals surface area (Å²) in [7, 11) is 0.773. The van der Waals surface area contributed by atoms with Crippen molar-refractivity contribution in [1.29, 1.82) is 0 Å². The van der Waals surface area contributed by atoms with Gasteiger partial charge in [-0.15, -0.1) is 0 Å². The van der Waals surface area contributed by atoms with Crippen molar-refractivity contribution in [2.24, 2.45) is 4.99 Å². The number of hydrogen-bond donors (Lipinski definition) is 0. The van der Waals surface area contributed by atoms with E-state index in [0.29, 0.717) is 12.2 Å². The summed E-state index contributed by atoms with van der Waals surface area (Å²) >= 11 is 0. The molecule has 0 fully saturated rings. The maximum Gasteiger partial charge on any atom is 0.339 e. The number of hydrogen-bond acceptors (Lipinski definition) is 4. The quantitative estimate of drug-likeness (QED) is 0.514. The van der Waals surface area contributed by atoms with Crippen LogP contribution in [0.1, 0.15) is 24.2 Å². The first-order chi connectivity index (χ1) is 7.20. The molecule has 1 aromatic heterocycles. The average molecular weight is 202 g/mol. The zero-order valence-corrected chi connectivity index (χ0v) is 8.78. The molecule has 0 atom stereocenters. The molecule has 2 rings (SSSR count). The Morgan fingerprint density at radius 3 is 3.13 bits per heavy atom. The third kappa shape index (κ3) is 1.91. The van der Waals surface area contributed by atoms with Crippen LogP contribution < -0.4 is 5.46 Å². The predicted molar refractivity (Wildman–Crippen MR) is 59.7 cm³/mol. The fourth-order valence-corrected chi connectivity index (χ4v) is 1.56. The summed E-state index contributed by atoms with van der Waals surface area (Å²) in [4.78, 5) is 19.8. The van der Waals surface area contributed by atoms with E-state index in [1.165, 1.54) is 6.20 Å². The summed E-state index contributed by atoms with van der Waals surface area (Å²) in [6.45, 7) is 4.11. The van der Waals surface area contributed by atoms with Crippen LogP contribution in [0.15, 0.2) is 17.3 Å². The smallest absolute Gasteiger partial charge is 0.339 e. The molecule has 0 saturated heterocycles. The Labute approximate surface area is 88.6 Å². The van der Waals surface area contributed by atoms with E-state index in [-0.39, 0.29) is 5.97 Å². The van der Waals surface area contributed by atoms with Gasteiger partial charge >= 0.3 is 5.97 Å². The lowest BCUT2D eigenvalue weighted by atomic mass is 9.68. The Morgan fingerprint density at radius 2 is 2.40 bits per heavy atom. The number of ether oxygens (including phenoxy) is 1. The lowest BCUT2D eigenvalue weighted by Gasteiger charge is -2.02. The highest BCUT2D eigenvalue weighted by molar-refractivity contribution is 6.87. The molecule has 0 N–H and O–H groups in total. The highest BCUT2D eigenvalue weighted by Crippen LogP contribution is 2.11. The lowest BCUT2D eigenvalue weighted by molar-refractivity contribution is 0.0526. The second-order valence-electron chi connectivity index (χ2n) is 3.45. The van der Waals surface area contributed by atoms with Gasteiger partial charge < -0.3 is 4.74 Å². The van der Waals surface area contributed by atoms with Crippen LogP contribution in [0.25, 0.3) is 0 Å². The first-order valence-corrected chi connectivity index (χ1v) is 4.91. The van der Waals surface area contributed by atoms with Crippen molar-refractivity contribution >= 4 is 30.1 Å². The fourth-order valence-electron chi connectivity index (χ4n) is 1.56. The molecular formula is C10H11BN2O2. The number of aromatic nitrogens is 1. The predicted octanol–water partition coefficient (Wildman–Crippen LogP) is 0.384. The zero-order chi connectivity index (χ0) is 10.8. The molecule has 0 aromatic carbocycles. The number of fused-ring (bicyclic) bond motifs is 1. The molecule has 0 aliphatic carbocycles. The molecule has 0 unspecified atom stereocenters. The van der Waals surface area contributed by atoms with E-state index in [0.717, 1.165) is 24.2 Å². The van der Waals surface area contributed by atoms with Crippen LogP contribution in [-0.4, -0.2) is 30.5 Å². The summed E-state index contributed by atoms with van der Waals surface area (Å²) in [5.41, 5.74) is 2.53. The minimum atomic E-state index is -0.322. The zero-order valence-electron chi connectivity index (χ0n) is 8.78. The summed E-state index contributed by atoms with van der Waals surface area (Å²) in [5, 5.41) is 0. The largest absolute Gasteiger partial charge is 0.462 e. The number of carbonyl (C=O) groups is 1. The second-order valence-corrected chi connectivity index (χ2v) is 3.45. The third-order valence-corrected chi connectivity index (χ3v) is 2.20. The molecule has 5 heteroatoms. The molecular weight excluding hydrogens is 191 g/mol. The van der Waals surface area contributed by atoms with Crippen LogP contribution in [-0.2, 0) is 4.74 Å². The summed E-state index contributed by atoms with van der Waals surface area (Å²) in [6.07, 6.45) is 1.51.